The number of aryl methyl sites for hydroxylation is 1. The van der Waals surface area contributed by atoms with Gasteiger partial charge >= 0.3 is 0 Å². The van der Waals surface area contributed by atoms with Crippen LogP contribution in [-0.2, 0) is 13.1 Å². The van der Waals surface area contributed by atoms with Crippen LogP contribution in [0.15, 0.2) is 30.5 Å². The Morgan fingerprint density at radius 3 is 2.56 bits per heavy atom. The minimum atomic E-state index is 0.261. The van der Waals surface area contributed by atoms with Gasteiger partial charge in [0.2, 0.25) is 0 Å². The first-order chi connectivity index (χ1) is 12.2. The molecule has 1 saturated heterocycles. The molecule has 0 unspecified atom stereocenters. The number of benzene rings is 1. The summed E-state index contributed by atoms with van der Waals surface area (Å²) in [5, 5.41) is 4.51. The highest BCUT2D eigenvalue weighted by Crippen LogP contribution is 2.29. The first-order valence-corrected chi connectivity index (χ1v) is 9.24. The predicted molar refractivity (Wildman–Crippen MR) is 99.2 cm³/mol. The number of nitrogens with zero attached hydrogens (tertiary/aromatic N) is 3. The molecule has 0 saturated carbocycles. The quantitative estimate of drug-likeness (QED) is 0.769. The highest BCUT2D eigenvalue weighted by molar-refractivity contribution is 5.39. The lowest BCUT2D eigenvalue weighted by molar-refractivity contribution is 0.0942. The lowest BCUT2D eigenvalue weighted by atomic mass is 10.1. The van der Waals surface area contributed by atoms with E-state index in [2.05, 4.69) is 28.5 Å². The van der Waals surface area contributed by atoms with E-state index in [1.165, 1.54) is 11.3 Å². The molecule has 25 heavy (non-hydrogen) atoms. The average molecular weight is 343 g/mol. The van der Waals surface area contributed by atoms with Crippen molar-refractivity contribution in [2.75, 3.05) is 20.2 Å². The number of aromatic nitrogens is 2. The lowest BCUT2D eigenvalue weighted by Gasteiger charge is -2.32. The van der Waals surface area contributed by atoms with Gasteiger partial charge in [0.25, 0.3) is 0 Å². The number of para-hydroxylation sites is 2. The lowest BCUT2D eigenvalue weighted by Crippen LogP contribution is -2.37. The molecule has 5 nitrogen and oxygen atoms in total. The van der Waals surface area contributed by atoms with E-state index in [4.69, 9.17) is 9.47 Å². The van der Waals surface area contributed by atoms with Crippen LogP contribution in [0, 0.1) is 6.92 Å². The highest BCUT2D eigenvalue weighted by atomic mass is 16.5. The van der Waals surface area contributed by atoms with Crippen molar-refractivity contribution < 1.29 is 9.47 Å². The molecule has 3 rings (SSSR count). The van der Waals surface area contributed by atoms with Crippen LogP contribution in [-0.4, -0.2) is 41.0 Å². The summed E-state index contributed by atoms with van der Waals surface area (Å²) in [5.74, 6) is 1.66. The largest absolute Gasteiger partial charge is 0.493 e. The Kier molecular flexibility index (Phi) is 5.97. The zero-order valence-corrected chi connectivity index (χ0v) is 15.6. The summed E-state index contributed by atoms with van der Waals surface area (Å²) in [7, 11) is 1.69. The zero-order chi connectivity index (χ0) is 17.6. The fourth-order valence-corrected chi connectivity index (χ4v) is 3.40. The van der Waals surface area contributed by atoms with Crippen LogP contribution < -0.4 is 9.47 Å². The van der Waals surface area contributed by atoms with Crippen LogP contribution in [0.25, 0.3) is 0 Å². The molecule has 0 aliphatic carbocycles. The molecule has 136 valence electrons. The van der Waals surface area contributed by atoms with E-state index in [1.54, 1.807) is 7.11 Å². The van der Waals surface area contributed by atoms with Gasteiger partial charge in [0.05, 0.1) is 13.3 Å². The maximum atomic E-state index is 6.17. The molecule has 1 aromatic carbocycles. The molecule has 1 fully saturated rings. The number of likely N-dealkylation sites (tertiary alicyclic amines) is 1. The summed E-state index contributed by atoms with van der Waals surface area (Å²) in [6.07, 6.45) is 5.49. The highest BCUT2D eigenvalue weighted by Gasteiger charge is 2.22. The minimum Gasteiger partial charge on any atom is -0.493 e. The normalized spacial score (nSPS) is 16.1. The van der Waals surface area contributed by atoms with E-state index >= 15 is 0 Å². The van der Waals surface area contributed by atoms with E-state index in [9.17, 15) is 0 Å². The van der Waals surface area contributed by atoms with Gasteiger partial charge in [-0.3, -0.25) is 9.58 Å². The summed E-state index contributed by atoms with van der Waals surface area (Å²) in [6.45, 7) is 8.46. The fourth-order valence-electron chi connectivity index (χ4n) is 3.40. The molecule has 0 atom stereocenters. The van der Waals surface area contributed by atoms with Crippen LogP contribution >= 0.6 is 0 Å². The molecule has 5 heteroatoms. The first kappa shape index (κ1) is 17.8. The molecule has 1 aliphatic heterocycles. The zero-order valence-electron chi connectivity index (χ0n) is 15.6. The van der Waals surface area contributed by atoms with Gasteiger partial charge in [0.1, 0.15) is 6.10 Å². The Morgan fingerprint density at radius 2 is 1.88 bits per heavy atom. The van der Waals surface area contributed by atoms with Crippen molar-refractivity contribution in [3.8, 4) is 11.5 Å². The Morgan fingerprint density at radius 1 is 1.16 bits per heavy atom. The van der Waals surface area contributed by atoms with Crippen LogP contribution in [0.1, 0.15) is 37.4 Å². The SMILES string of the molecule is CCCn1ncc(CN2CCC(Oc3ccccc3OC)CC2)c1C. The number of rotatable bonds is 7. The summed E-state index contributed by atoms with van der Waals surface area (Å²) >= 11 is 0. The number of hydrogen-bond acceptors (Lipinski definition) is 4. The smallest absolute Gasteiger partial charge is 0.161 e. The van der Waals surface area contributed by atoms with Crippen LogP contribution in [0.5, 0.6) is 11.5 Å². The van der Waals surface area contributed by atoms with Gasteiger partial charge in [-0.1, -0.05) is 19.1 Å². The first-order valence-electron chi connectivity index (χ1n) is 9.24. The predicted octanol–water partition coefficient (Wildman–Crippen LogP) is 3.65. The van der Waals surface area contributed by atoms with Crippen molar-refractivity contribution >= 4 is 0 Å². The van der Waals surface area contributed by atoms with Crippen molar-refractivity contribution in [1.82, 2.24) is 14.7 Å². The molecule has 0 N–H and O–H groups in total. The Labute approximate surface area is 150 Å². The molecule has 1 aromatic heterocycles. The van der Waals surface area contributed by atoms with Crippen molar-refractivity contribution in [3.05, 3.63) is 41.7 Å². The van der Waals surface area contributed by atoms with Crippen LogP contribution in [0.3, 0.4) is 0 Å². The van der Waals surface area contributed by atoms with Crippen LogP contribution in [0.2, 0.25) is 0 Å². The maximum absolute atomic E-state index is 6.17. The molecule has 0 spiro atoms. The Hall–Kier alpha value is -2.01. The number of piperidine rings is 1. The van der Waals surface area contributed by atoms with Crippen molar-refractivity contribution in [3.63, 3.8) is 0 Å². The summed E-state index contributed by atoms with van der Waals surface area (Å²) in [5.41, 5.74) is 2.65. The third kappa shape index (κ3) is 4.34. The van der Waals surface area contributed by atoms with E-state index in [-0.39, 0.29) is 6.10 Å². The number of methoxy groups -OCH3 is 1. The number of hydrogen-bond donors (Lipinski definition) is 0. The van der Waals surface area contributed by atoms with Gasteiger partial charge in [-0.2, -0.15) is 5.10 Å². The second-order valence-corrected chi connectivity index (χ2v) is 6.72. The van der Waals surface area contributed by atoms with Gasteiger partial charge in [-0.25, -0.2) is 0 Å². The third-order valence-corrected chi connectivity index (χ3v) is 4.93. The standard InChI is InChI=1S/C20H29N3O2/c1-4-11-23-16(2)17(14-21-23)15-22-12-9-18(10-13-22)25-20-8-6-5-7-19(20)24-3/h5-8,14,18H,4,9-13,15H2,1-3H3. The van der Waals surface area contributed by atoms with Crippen LogP contribution in [0.4, 0.5) is 0 Å². The van der Waals surface area contributed by atoms with Gasteiger partial charge in [-0.05, 0) is 38.3 Å². The molecule has 0 amide bonds. The molecular formula is C20H29N3O2. The average Bonchev–Trinajstić information content (AvgIpc) is 2.98. The second-order valence-electron chi connectivity index (χ2n) is 6.72. The third-order valence-electron chi connectivity index (χ3n) is 4.93. The topological polar surface area (TPSA) is 39.5 Å². The van der Waals surface area contributed by atoms with E-state index < -0.39 is 0 Å². The molecule has 2 aromatic rings. The minimum absolute atomic E-state index is 0.261. The molecule has 0 bridgehead atoms. The molecule has 0 radical (unpaired) electrons. The van der Waals surface area contributed by atoms with Gasteiger partial charge in [0.15, 0.2) is 11.5 Å². The van der Waals surface area contributed by atoms with Crippen molar-refractivity contribution in [2.45, 2.75) is 52.3 Å². The van der Waals surface area contributed by atoms with E-state index in [1.807, 2.05) is 30.5 Å². The second kappa shape index (κ2) is 8.39. The maximum Gasteiger partial charge on any atom is 0.161 e. The summed E-state index contributed by atoms with van der Waals surface area (Å²) < 4.78 is 13.7. The molecule has 1 aliphatic rings. The fraction of sp³-hybridized carbons (Fsp3) is 0.550. The van der Waals surface area contributed by atoms with E-state index in [0.29, 0.717) is 0 Å². The summed E-state index contributed by atoms with van der Waals surface area (Å²) in [6, 6.07) is 7.89. The molecule has 2 heterocycles. The van der Waals surface area contributed by atoms with Gasteiger partial charge in [0, 0.05) is 37.4 Å². The van der Waals surface area contributed by atoms with E-state index in [0.717, 1.165) is 56.9 Å². The number of ether oxygens (including phenoxy) is 2. The van der Waals surface area contributed by atoms with Crippen molar-refractivity contribution in [2.24, 2.45) is 0 Å². The Bertz CT molecular complexity index is 675. The van der Waals surface area contributed by atoms with Gasteiger partial charge in [-0.15, -0.1) is 0 Å². The van der Waals surface area contributed by atoms with Gasteiger partial charge < -0.3 is 9.47 Å². The van der Waals surface area contributed by atoms with Crippen molar-refractivity contribution in [1.29, 1.82) is 0 Å². The molecular weight excluding hydrogens is 314 g/mol. The summed E-state index contributed by atoms with van der Waals surface area (Å²) in [4.78, 5) is 2.50. The Balaban J connectivity index is 1.52. The monoisotopic (exact) mass is 343 g/mol.